The van der Waals surface area contributed by atoms with Gasteiger partial charge in [-0.2, -0.15) is 0 Å². The van der Waals surface area contributed by atoms with Crippen LogP contribution in [0.5, 0.6) is 0 Å². The molecule has 71 heavy (non-hydrogen) atoms. The van der Waals surface area contributed by atoms with Gasteiger partial charge in [0.05, 0.1) is 0 Å². The van der Waals surface area contributed by atoms with Crippen molar-refractivity contribution in [2.75, 3.05) is 13.2 Å². The molecule has 0 aliphatic carbocycles. The summed E-state index contributed by atoms with van der Waals surface area (Å²) < 4.78 is 16.7. The fraction of sp³-hybridized carbons (Fsp3) is 0.585. The van der Waals surface area contributed by atoms with Crippen molar-refractivity contribution < 1.29 is 28.6 Å². The third-order valence-electron chi connectivity index (χ3n) is 11.3. The van der Waals surface area contributed by atoms with Gasteiger partial charge in [-0.25, -0.2) is 0 Å². The molecule has 0 aromatic rings. The zero-order valence-corrected chi connectivity index (χ0v) is 45.4. The molecule has 0 N–H and O–H groups in total. The van der Waals surface area contributed by atoms with Gasteiger partial charge in [-0.1, -0.05) is 218 Å². The zero-order chi connectivity index (χ0) is 51.4. The molecule has 1 atom stereocenters. The van der Waals surface area contributed by atoms with Crippen LogP contribution < -0.4 is 0 Å². The molecule has 0 aromatic heterocycles. The van der Waals surface area contributed by atoms with E-state index in [1.165, 1.54) is 51.4 Å². The molecular formula is C65H102O6. The lowest BCUT2D eigenvalue weighted by Crippen LogP contribution is -2.30. The van der Waals surface area contributed by atoms with E-state index in [9.17, 15) is 14.4 Å². The first-order valence-corrected chi connectivity index (χ1v) is 28.3. The number of hydrogen-bond acceptors (Lipinski definition) is 6. The van der Waals surface area contributed by atoms with Crippen LogP contribution in [0.2, 0.25) is 0 Å². The average Bonchev–Trinajstić information content (AvgIpc) is 3.37. The molecule has 0 rings (SSSR count). The molecule has 0 saturated carbocycles. The molecule has 0 saturated heterocycles. The Labute approximate surface area is 436 Å². The maximum absolute atomic E-state index is 12.8. The predicted octanol–water partition coefficient (Wildman–Crippen LogP) is 19.2. The van der Waals surface area contributed by atoms with Gasteiger partial charge in [0.1, 0.15) is 13.2 Å². The standard InChI is InChI=1S/C65H102O6/c1-4-7-10-13-16-19-22-25-28-30-32-34-37-40-43-46-49-52-55-58-64(67)70-61-62(60-69-63(66)57-54-51-48-45-42-39-36-27-24-21-18-15-12-9-6-3)71-65(68)59-56-53-50-47-44-41-38-35-33-31-29-26-23-20-17-14-11-8-5-2/h8,11,16-21,25-29,32-36,40-41,43-44,50,53,62H,4-7,9-10,12-15,22-24,30-31,37-39,42,45-49,51-52,54-61H2,1-3H3/b11-8-,19-16-,20-17-,21-18-,28-25-,29-26-,34-32-,35-33-,36-27-,43-40-,44-41-,53-50-/t62-/m0/s1. The van der Waals surface area contributed by atoms with E-state index in [-0.39, 0.29) is 31.6 Å². The molecule has 0 amide bonds. The minimum Gasteiger partial charge on any atom is -0.462 e. The molecular weight excluding hydrogens is 877 g/mol. The van der Waals surface area contributed by atoms with Crippen LogP contribution in [-0.4, -0.2) is 37.2 Å². The number of rotatable bonds is 49. The highest BCUT2D eigenvalue weighted by atomic mass is 16.6. The Morgan fingerprint density at radius 1 is 0.296 bits per heavy atom. The molecule has 0 bridgehead atoms. The molecule has 398 valence electrons. The predicted molar refractivity (Wildman–Crippen MR) is 306 cm³/mol. The van der Waals surface area contributed by atoms with E-state index in [4.69, 9.17) is 14.2 Å². The number of allylic oxidation sites excluding steroid dienone is 24. The van der Waals surface area contributed by atoms with Gasteiger partial charge in [-0.15, -0.1) is 0 Å². The maximum Gasteiger partial charge on any atom is 0.306 e. The van der Waals surface area contributed by atoms with Crippen molar-refractivity contribution in [3.8, 4) is 0 Å². The topological polar surface area (TPSA) is 78.9 Å². The van der Waals surface area contributed by atoms with Crippen LogP contribution >= 0.6 is 0 Å². The number of carbonyl (C=O) groups is 3. The largest absolute Gasteiger partial charge is 0.462 e. The van der Waals surface area contributed by atoms with Gasteiger partial charge in [0.15, 0.2) is 6.10 Å². The Bertz CT molecular complexity index is 1590. The molecule has 0 aliphatic rings. The van der Waals surface area contributed by atoms with Crippen molar-refractivity contribution >= 4 is 17.9 Å². The summed E-state index contributed by atoms with van der Waals surface area (Å²) in [6.45, 7) is 6.35. The number of unbranched alkanes of at least 4 members (excludes halogenated alkanes) is 14. The second-order valence-electron chi connectivity index (χ2n) is 18.1. The molecule has 0 aliphatic heterocycles. The lowest BCUT2D eigenvalue weighted by atomic mass is 10.1. The van der Waals surface area contributed by atoms with Crippen LogP contribution in [0.25, 0.3) is 0 Å². The summed E-state index contributed by atoms with van der Waals surface area (Å²) in [5.41, 5.74) is 0. The van der Waals surface area contributed by atoms with Gasteiger partial charge >= 0.3 is 17.9 Å². The SMILES string of the molecule is CC/C=C\C/C=C\C/C=C\C/C=C\C/C=C\C/C=C\CCC(=O)O[C@H](COC(=O)CCCCC/C=C\C/C=C\C/C=C\C/C=C\CCCCC)COC(=O)CCCCCCC/C=C\C/C=C\CCCCC. The number of carbonyl (C=O) groups excluding carboxylic acids is 3. The third kappa shape index (κ3) is 56.1. The van der Waals surface area contributed by atoms with Crippen LogP contribution in [0.15, 0.2) is 146 Å². The van der Waals surface area contributed by atoms with E-state index in [1.54, 1.807) is 0 Å². The fourth-order valence-electron chi connectivity index (χ4n) is 7.07. The first-order valence-electron chi connectivity index (χ1n) is 28.3. The van der Waals surface area contributed by atoms with E-state index in [2.05, 4.69) is 154 Å². The minimum absolute atomic E-state index is 0.132. The lowest BCUT2D eigenvalue weighted by Gasteiger charge is -2.18. The smallest absolute Gasteiger partial charge is 0.306 e. The summed E-state index contributed by atoms with van der Waals surface area (Å²) >= 11 is 0. The Hall–Kier alpha value is -4.71. The van der Waals surface area contributed by atoms with Gasteiger partial charge in [0.25, 0.3) is 0 Å². The van der Waals surface area contributed by atoms with Crippen molar-refractivity contribution in [1.82, 2.24) is 0 Å². The molecule has 0 heterocycles. The van der Waals surface area contributed by atoms with Crippen LogP contribution in [-0.2, 0) is 28.6 Å². The van der Waals surface area contributed by atoms with Crippen LogP contribution in [0.3, 0.4) is 0 Å². The molecule has 0 radical (unpaired) electrons. The molecule has 6 nitrogen and oxygen atoms in total. The van der Waals surface area contributed by atoms with Gasteiger partial charge in [-0.05, 0) is 135 Å². The van der Waals surface area contributed by atoms with Gasteiger partial charge in [-0.3, -0.25) is 14.4 Å². The Balaban J connectivity index is 4.62. The zero-order valence-electron chi connectivity index (χ0n) is 45.4. The summed E-state index contributed by atoms with van der Waals surface area (Å²) in [6.07, 6.45) is 82.7. The first-order chi connectivity index (χ1) is 35.0. The number of esters is 3. The van der Waals surface area contributed by atoms with E-state index < -0.39 is 12.1 Å². The Morgan fingerprint density at radius 3 is 0.930 bits per heavy atom. The molecule has 6 heteroatoms. The summed E-state index contributed by atoms with van der Waals surface area (Å²) in [6, 6.07) is 0. The van der Waals surface area contributed by atoms with Crippen molar-refractivity contribution in [3.63, 3.8) is 0 Å². The molecule has 0 fully saturated rings. The lowest BCUT2D eigenvalue weighted by molar-refractivity contribution is -0.166. The fourth-order valence-corrected chi connectivity index (χ4v) is 7.07. The second-order valence-corrected chi connectivity index (χ2v) is 18.1. The van der Waals surface area contributed by atoms with Gasteiger partial charge < -0.3 is 14.2 Å². The maximum atomic E-state index is 12.8. The number of hydrogen-bond donors (Lipinski definition) is 0. The second kappa shape index (κ2) is 57.9. The molecule has 0 unspecified atom stereocenters. The van der Waals surface area contributed by atoms with Gasteiger partial charge in [0.2, 0.25) is 0 Å². The third-order valence-corrected chi connectivity index (χ3v) is 11.3. The highest BCUT2D eigenvalue weighted by Crippen LogP contribution is 2.11. The normalized spacial score (nSPS) is 13.2. The van der Waals surface area contributed by atoms with Crippen molar-refractivity contribution in [1.29, 1.82) is 0 Å². The Kier molecular flexibility index (Phi) is 54.0. The van der Waals surface area contributed by atoms with Crippen LogP contribution in [0.4, 0.5) is 0 Å². The van der Waals surface area contributed by atoms with Gasteiger partial charge in [0, 0.05) is 19.3 Å². The summed E-state index contributed by atoms with van der Waals surface area (Å²) in [5.74, 6) is -1.07. The van der Waals surface area contributed by atoms with E-state index in [0.29, 0.717) is 19.3 Å². The van der Waals surface area contributed by atoms with Crippen molar-refractivity contribution in [2.45, 2.75) is 232 Å². The molecule has 0 aromatic carbocycles. The number of ether oxygens (including phenoxy) is 3. The highest BCUT2D eigenvalue weighted by molar-refractivity contribution is 5.71. The first kappa shape index (κ1) is 66.3. The van der Waals surface area contributed by atoms with E-state index in [1.807, 2.05) is 12.2 Å². The van der Waals surface area contributed by atoms with E-state index >= 15 is 0 Å². The monoisotopic (exact) mass is 979 g/mol. The summed E-state index contributed by atoms with van der Waals surface area (Å²) in [5, 5.41) is 0. The van der Waals surface area contributed by atoms with Crippen LogP contribution in [0.1, 0.15) is 226 Å². The highest BCUT2D eigenvalue weighted by Gasteiger charge is 2.19. The molecule has 0 spiro atoms. The Morgan fingerprint density at radius 2 is 0.577 bits per heavy atom. The van der Waals surface area contributed by atoms with Crippen molar-refractivity contribution in [3.05, 3.63) is 146 Å². The van der Waals surface area contributed by atoms with Crippen molar-refractivity contribution in [2.24, 2.45) is 0 Å². The van der Waals surface area contributed by atoms with E-state index in [0.717, 1.165) is 128 Å². The average molecular weight is 980 g/mol. The summed E-state index contributed by atoms with van der Waals surface area (Å²) in [7, 11) is 0. The summed E-state index contributed by atoms with van der Waals surface area (Å²) in [4.78, 5) is 38.1. The van der Waals surface area contributed by atoms with Crippen LogP contribution in [0, 0.1) is 0 Å². The minimum atomic E-state index is -0.845. The quantitative estimate of drug-likeness (QED) is 0.0262.